The van der Waals surface area contributed by atoms with Gasteiger partial charge in [-0.25, -0.2) is 0 Å². The van der Waals surface area contributed by atoms with Gasteiger partial charge in [-0.2, -0.15) is 0 Å². The van der Waals surface area contributed by atoms with E-state index < -0.39 is 8.80 Å². The summed E-state index contributed by atoms with van der Waals surface area (Å²) in [5.74, 6) is 0.897. The first-order valence-corrected chi connectivity index (χ1v) is 7.25. The molecule has 71 valence electrons. The second-order valence-electron chi connectivity index (χ2n) is 3.18. The maximum atomic E-state index is 6.29. The number of methoxy groups -OCH3 is 1. The van der Waals surface area contributed by atoms with Gasteiger partial charge in [0.15, 0.2) is 0 Å². The monoisotopic (exact) mass is 213 g/mol. The number of hydrogen-bond donors (Lipinski definition) is 0. The Balaban J connectivity index is 2.98. The topological polar surface area (TPSA) is 9.23 Å². The van der Waals surface area contributed by atoms with E-state index in [1.165, 1.54) is 0 Å². The molecule has 0 amide bonds. The standard InChI is InChI=1S/C10H14ClOSi/c1-12-9-7-5-4-6-8(9)10(11)13(2)3/h4-7,10H,1-3H3. The van der Waals surface area contributed by atoms with Crippen LogP contribution in [0.3, 0.4) is 0 Å². The molecule has 1 radical (unpaired) electrons. The minimum absolute atomic E-state index is 0.126. The third-order valence-corrected chi connectivity index (χ3v) is 4.79. The molecule has 0 aromatic heterocycles. The van der Waals surface area contributed by atoms with Crippen molar-refractivity contribution in [2.24, 2.45) is 0 Å². The van der Waals surface area contributed by atoms with Crippen LogP contribution in [0.2, 0.25) is 13.1 Å². The van der Waals surface area contributed by atoms with Crippen LogP contribution in [0.5, 0.6) is 5.75 Å². The Labute approximate surface area is 86.3 Å². The summed E-state index contributed by atoms with van der Waals surface area (Å²) in [5, 5.41) is 0.126. The van der Waals surface area contributed by atoms with Crippen LogP contribution in [0, 0.1) is 0 Å². The van der Waals surface area contributed by atoms with E-state index in [0.29, 0.717) is 0 Å². The number of hydrogen-bond acceptors (Lipinski definition) is 1. The van der Waals surface area contributed by atoms with E-state index in [-0.39, 0.29) is 5.00 Å². The van der Waals surface area contributed by atoms with Crippen LogP contribution in [0.25, 0.3) is 0 Å². The minimum atomic E-state index is -0.511. The number of alkyl halides is 1. The number of rotatable bonds is 3. The first kappa shape index (κ1) is 10.6. The lowest BCUT2D eigenvalue weighted by Gasteiger charge is -2.15. The van der Waals surface area contributed by atoms with Crippen LogP contribution in [0.4, 0.5) is 0 Å². The van der Waals surface area contributed by atoms with Gasteiger partial charge in [0.2, 0.25) is 0 Å². The first-order valence-electron chi connectivity index (χ1n) is 4.24. The van der Waals surface area contributed by atoms with E-state index in [1.54, 1.807) is 7.11 Å². The van der Waals surface area contributed by atoms with Crippen LogP contribution < -0.4 is 4.74 Å². The molecule has 1 aromatic carbocycles. The SMILES string of the molecule is COc1ccccc1C(Cl)[Si](C)C. The molecule has 3 heteroatoms. The highest BCUT2D eigenvalue weighted by Gasteiger charge is 2.17. The minimum Gasteiger partial charge on any atom is -0.496 e. The summed E-state index contributed by atoms with van der Waals surface area (Å²) in [6, 6.07) is 7.95. The summed E-state index contributed by atoms with van der Waals surface area (Å²) in [4.78, 5) is 0. The molecule has 1 nitrogen and oxygen atoms in total. The fraction of sp³-hybridized carbons (Fsp3) is 0.400. The Morgan fingerprint density at radius 2 is 1.92 bits per heavy atom. The molecule has 0 bridgehead atoms. The highest BCUT2D eigenvalue weighted by molar-refractivity contribution is 6.66. The lowest BCUT2D eigenvalue weighted by atomic mass is 10.2. The molecule has 1 rings (SSSR count). The lowest BCUT2D eigenvalue weighted by molar-refractivity contribution is 0.411. The van der Waals surface area contributed by atoms with Gasteiger partial charge in [0, 0.05) is 5.56 Å². The molecule has 0 saturated heterocycles. The largest absolute Gasteiger partial charge is 0.496 e. The highest BCUT2D eigenvalue weighted by atomic mass is 35.5. The molecule has 0 N–H and O–H groups in total. The number of halogens is 1. The van der Waals surface area contributed by atoms with Crippen molar-refractivity contribution in [2.45, 2.75) is 18.1 Å². The van der Waals surface area contributed by atoms with Crippen molar-refractivity contribution in [3.63, 3.8) is 0 Å². The van der Waals surface area contributed by atoms with Gasteiger partial charge in [-0.1, -0.05) is 31.3 Å². The van der Waals surface area contributed by atoms with Crippen LogP contribution in [-0.4, -0.2) is 15.9 Å². The third kappa shape index (κ3) is 2.48. The molecular weight excluding hydrogens is 200 g/mol. The van der Waals surface area contributed by atoms with Crippen LogP contribution >= 0.6 is 11.6 Å². The second kappa shape index (κ2) is 4.68. The zero-order valence-corrected chi connectivity index (χ0v) is 9.93. The van der Waals surface area contributed by atoms with Gasteiger partial charge in [-0.05, 0) is 6.07 Å². The van der Waals surface area contributed by atoms with Gasteiger partial charge in [0.05, 0.1) is 20.9 Å². The zero-order chi connectivity index (χ0) is 9.84. The molecule has 13 heavy (non-hydrogen) atoms. The molecular formula is C10H14ClOSi. The Hall–Kier alpha value is -0.473. The fourth-order valence-corrected chi connectivity index (χ4v) is 2.23. The van der Waals surface area contributed by atoms with Crippen molar-refractivity contribution < 1.29 is 4.74 Å². The molecule has 0 saturated carbocycles. The maximum absolute atomic E-state index is 6.29. The van der Waals surface area contributed by atoms with Crippen molar-refractivity contribution in [3.8, 4) is 5.75 Å². The molecule has 1 atom stereocenters. The van der Waals surface area contributed by atoms with Gasteiger partial charge in [-0.3, -0.25) is 0 Å². The quantitative estimate of drug-likeness (QED) is 0.553. The predicted octanol–water partition coefficient (Wildman–Crippen LogP) is 3.27. The van der Waals surface area contributed by atoms with Crippen molar-refractivity contribution in [1.29, 1.82) is 0 Å². The van der Waals surface area contributed by atoms with E-state index >= 15 is 0 Å². The smallest absolute Gasteiger partial charge is 0.123 e. The number of benzene rings is 1. The molecule has 1 unspecified atom stereocenters. The molecule has 0 heterocycles. The van der Waals surface area contributed by atoms with Crippen LogP contribution in [0.1, 0.15) is 10.6 Å². The van der Waals surface area contributed by atoms with E-state index in [2.05, 4.69) is 13.1 Å². The summed E-state index contributed by atoms with van der Waals surface area (Å²) in [6.45, 7) is 4.41. The molecule has 0 aliphatic rings. The van der Waals surface area contributed by atoms with E-state index in [9.17, 15) is 0 Å². The molecule has 0 spiro atoms. The Morgan fingerprint density at radius 3 is 2.46 bits per heavy atom. The molecule has 1 aromatic rings. The first-order chi connectivity index (χ1) is 6.16. The molecule has 0 aliphatic heterocycles. The fourth-order valence-electron chi connectivity index (χ4n) is 1.19. The van der Waals surface area contributed by atoms with Gasteiger partial charge < -0.3 is 4.74 Å². The summed E-state index contributed by atoms with van der Waals surface area (Å²) in [5.41, 5.74) is 1.12. The van der Waals surface area contributed by atoms with Gasteiger partial charge in [0.1, 0.15) is 5.75 Å². The normalized spacial score (nSPS) is 13.0. The van der Waals surface area contributed by atoms with Gasteiger partial charge >= 0.3 is 0 Å². The average molecular weight is 214 g/mol. The highest BCUT2D eigenvalue weighted by Crippen LogP contribution is 2.30. The van der Waals surface area contributed by atoms with Gasteiger partial charge in [-0.15, -0.1) is 11.6 Å². The van der Waals surface area contributed by atoms with Gasteiger partial charge in [0.25, 0.3) is 0 Å². The van der Waals surface area contributed by atoms with Crippen molar-refractivity contribution in [1.82, 2.24) is 0 Å². The van der Waals surface area contributed by atoms with Crippen LogP contribution in [-0.2, 0) is 0 Å². The van der Waals surface area contributed by atoms with Crippen molar-refractivity contribution in [2.75, 3.05) is 7.11 Å². The van der Waals surface area contributed by atoms with E-state index in [4.69, 9.17) is 16.3 Å². The van der Waals surface area contributed by atoms with Crippen molar-refractivity contribution in [3.05, 3.63) is 29.8 Å². The Kier molecular flexibility index (Phi) is 3.82. The van der Waals surface area contributed by atoms with E-state index in [0.717, 1.165) is 11.3 Å². The summed E-state index contributed by atoms with van der Waals surface area (Å²) < 4.78 is 5.25. The zero-order valence-electron chi connectivity index (χ0n) is 8.17. The summed E-state index contributed by atoms with van der Waals surface area (Å²) in [6.07, 6.45) is 0. The average Bonchev–Trinajstić information content (AvgIpc) is 2.16. The summed E-state index contributed by atoms with van der Waals surface area (Å²) >= 11 is 6.29. The predicted molar refractivity (Wildman–Crippen MR) is 59.1 cm³/mol. The summed E-state index contributed by atoms with van der Waals surface area (Å²) in [7, 11) is 1.17. The van der Waals surface area contributed by atoms with Crippen LogP contribution in [0.15, 0.2) is 24.3 Å². The maximum Gasteiger partial charge on any atom is 0.123 e. The van der Waals surface area contributed by atoms with E-state index in [1.807, 2.05) is 24.3 Å². The third-order valence-electron chi connectivity index (χ3n) is 1.92. The Bertz CT molecular complexity index is 275. The molecule has 0 aliphatic carbocycles. The number of ether oxygens (including phenoxy) is 1. The van der Waals surface area contributed by atoms with Crippen molar-refractivity contribution >= 4 is 20.4 Å². The lowest BCUT2D eigenvalue weighted by Crippen LogP contribution is -2.11. The number of para-hydroxylation sites is 1. The Morgan fingerprint density at radius 1 is 1.31 bits per heavy atom. The second-order valence-corrected chi connectivity index (χ2v) is 6.72. The molecule has 0 fully saturated rings.